The summed E-state index contributed by atoms with van der Waals surface area (Å²) in [6.45, 7) is 7.36. The quantitative estimate of drug-likeness (QED) is 0.684. The number of methoxy groups -OCH3 is 2. The molecular formula is C13H26N2O5. The standard InChI is InChI=1S/C13H26N2O5/c1-12(2,3)20-11(17)14-8-7-13(4,19-6)10(16)15-9-18-5/h7-9H2,1-6H3,(H,14,17)(H,15,16). The van der Waals surface area contributed by atoms with E-state index in [-0.39, 0.29) is 19.2 Å². The topological polar surface area (TPSA) is 85.9 Å². The normalized spacial score (nSPS) is 14.3. The fourth-order valence-electron chi connectivity index (χ4n) is 1.35. The molecule has 1 atom stereocenters. The summed E-state index contributed by atoms with van der Waals surface area (Å²) in [5.41, 5.74) is -1.59. The van der Waals surface area contributed by atoms with E-state index in [1.807, 2.05) is 0 Å². The highest BCUT2D eigenvalue weighted by Crippen LogP contribution is 2.14. The molecule has 118 valence electrons. The van der Waals surface area contributed by atoms with Crippen molar-refractivity contribution >= 4 is 12.0 Å². The van der Waals surface area contributed by atoms with Gasteiger partial charge in [0.25, 0.3) is 5.91 Å². The molecule has 0 aliphatic heterocycles. The third-order valence-electron chi connectivity index (χ3n) is 2.58. The van der Waals surface area contributed by atoms with E-state index >= 15 is 0 Å². The Balaban J connectivity index is 4.24. The Bertz CT molecular complexity index is 327. The van der Waals surface area contributed by atoms with E-state index in [1.54, 1.807) is 27.7 Å². The Kier molecular flexibility index (Phi) is 7.52. The van der Waals surface area contributed by atoms with Crippen molar-refractivity contribution in [2.45, 2.75) is 45.3 Å². The zero-order valence-corrected chi connectivity index (χ0v) is 13.2. The fraction of sp³-hybridized carbons (Fsp3) is 0.846. The molecule has 0 aromatic heterocycles. The zero-order valence-electron chi connectivity index (χ0n) is 13.2. The van der Waals surface area contributed by atoms with Crippen molar-refractivity contribution in [3.8, 4) is 0 Å². The van der Waals surface area contributed by atoms with E-state index in [1.165, 1.54) is 14.2 Å². The van der Waals surface area contributed by atoms with Gasteiger partial charge in [-0.1, -0.05) is 0 Å². The SMILES string of the molecule is COCNC(=O)C(C)(CCNC(=O)OC(C)(C)C)OC. The van der Waals surface area contributed by atoms with Crippen LogP contribution in [0.4, 0.5) is 4.79 Å². The molecule has 1 unspecified atom stereocenters. The van der Waals surface area contributed by atoms with Crippen molar-refractivity contribution < 1.29 is 23.8 Å². The number of amides is 2. The molecule has 0 fully saturated rings. The van der Waals surface area contributed by atoms with Gasteiger partial charge in [0.05, 0.1) is 0 Å². The van der Waals surface area contributed by atoms with Crippen LogP contribution in [-0.4, -0.2) is 50.7 Å². The smallest absolute Gasteiger partial charge is 0.407 e. The van der Waals surface area contributed by atoms with Gasteiger partial charge >= 0.3 is 6.09 Å². The first-order valence-corrected chi connectivity index (χ1v) is 6.44. The maximum absolute atomic E-state index is 11.9. The summed E-state index contributed by atoms with van der Waals surface area (Å²) in [7, 11) is 2.92. The number of hydrogen-bond acceptors (Lipinski definition) is 5. The Hall–Kier alpha value is -1.34. The highest BCUT2D eigenvalue weighted by Gasteiger charge is 2.32. The van der Waals surface area contributed by atoms with Gasteiger partial charge in [0, 0.05) is 27.2 Å². The van der Waals surface area contributed by atoms with Crippen LogP contribution in [-0.2, 0) is 19.0 Å². The monoisotopic (exact) mass is 290 g/mol. The summed E-state index contributed by atoms with van der Waals surface area (Å²) in [6.07, 6.45) is -0.202. The highest BCUT2D eigenvalue weighted by molar-refractivity contribution is 5.84. The zero-order chi connectivity index (χ0) is 15.8. The van der Waals surface area contributed by atoms with Crippen LogP contribution in [0.25, 0.3) is 0 Å². The minimum Gasteiger partial charge on any atom is -0.444 e. The summed E-state index contributed by atoms with van der Waals surface area (Å²) in [4.78, 5) is 23.4. The number of alkyl carbamates (subject to hydrolysis) is 1. The van der Waals surface area contributed by atoms with E-state index in [2.05, 4.69) is 10.6 Å². The predicted octanol–water partition coefficient (Wildman–Crippen LogP) is 1.03. The van der Waals surface area contributed by atoms with E-state index in [4.69, 9.17) is 14.2 Å². The Morgan fingerprint density at radius 2 is 1.65 bits per heavy atom. The second kappa shape index (κ2) is 8.06. The summed E-state index contributed by atoms with van der Waals surface area (Å²) in [6, 6.07) is 0. The molecule has 20 heavy (non-hydrogen) atoms. The molecule has 0 saturated carbocycles. The number of nitrogens with one attached hydrogen (secondary N) is 2. The van der Waals surface area contributed by atoms with Crippen LogP contribution >= 0.6 is 0 Å². The molecule has 0 aliphatic carbocycles. The maximum Gasteiger partial charge on any atom is 0.407 e. The highest BCUT2D eigenvalue weighted by atomic mass is 16.6. The Morgan fingerprint density at radius 1 is 1.05 bits per heavy atom. The van der Waals surface area contributed by atoms with Crippen LogP contribution in [0.5, 0.6) is 0 Å². The van der Waals surface area contributed by atoms with E-state index < -0.39 is 17.3 Å². The van der Waals surface area contributed by atoms with Crippen LogP contribution in [0, 0.1) is 0 Å². The second-order valence-electron chi connectivity index (χ2n) is 5.55. The lowest BCUT2D eigenvalue weighted by atomic mass is 10.0. The molecule has 0 bridgehead atoms. The van der Waals surface area contributed by atoms with Gasteiger partial charge in [0.2, 0.25) is 0 Å². The molecule has 0 aromatic carbocycles. The third kappa shape index (κ3) is 7.30. The van der Waals surface area contributed by atoms with Crippen molar-refractivity contribution in [3.63, 3.8) is 0 Å². The molecular weight excluding hydrogens is 264 g/mol. The maximum atomic E-state index is 11.9. The first kappa shape index (κ1) is 18.7. The van der Waals surface area contributed by atoms with Crippen LogP contribution in [0.1, 0.15) is 34.1 Å². The van der Waals surface area contributed by atoms with Crippen molar-refractivity contribution in [3.05, 3.63) is 0 Å². The molecule has 7 nitrogen and oxygen atoms in total. The average Bonchev–Trinajstić information content (AvgIpc) is 2.33. The van der Waals surface area contributed by atoms with Crippen LogP contribution in [0.3, 0.4) is 0 Å². The summed E-state index contributed by atoms with van der Waals surface area (Å²) >= 11 is 0. The van der Waals surface area contributed by atoms with Crippen molar-refractivity contribution in [2.24, 2.45) is 0 Å². The van der Waals surface area contributed by atoms with Crippen LogP contribution < -0.4 is 10.6 Å². The Labute approximate surface area is 120 Å². The number of carbonyl (C=O) groups is 2. The van der Waals surface area contributed by atoms with Crippen molar-refractivity contribution in [2.75, 3.05) is 27.5 Å². The average molecular weight is 290 g/mol. The fourth-order valence-corrected chi connectivity index (χ4v) is 1.35. The van der Waals surface area contributed by atoms with E-state index in [0.717, 1.165) is 0 Å². The second-order valence-corrected chi connectivity index (χ2v) is 5.55. The molecule has 0 saturated heterocycles. The van der Waals surface area contributed by atoms with Gasteiger partial charge in [-0.15, -0.1) is 0 Å². The Morgan fingerprint density at radius 3 is 2.10 bits per heavy atom. The van der Waals surface area contributed by atoms with Gasteiger partial charge in [-0.05, 0) is 27.7 Å². The molecule has 0 aromatic rings. The van der Waals surface area contributed by atoms with Crippen molar-refractivity contribution in [1.82, 2.24) is 10.6 Å². The van der Waals surface area contributed by atoms with Gasteiger partial charge < -0.3 is 24.8 Å². The van der Waals surface area contributed by atoms with E-state index in [9.17, 15) is 9.59 Å². The van der Waals surface area contributed by atoms with Gasteiger partial charge in [0.15, 0.2) is 0 Å². The number of rotatable bonds is 7. The lowest BCUT2D eigenvalue weighted by molar-refractivity contribution is -0.143. The molecule has 7 heteroatoms. The predicted molar refractivity (Wildman–Crippen MR) is 74.3 cm³/mol. The van der Waals surface area contributed by atoms with Gasteiger partial charge in [0.1, 0.15) is 17.9 Å². The molecule has 0 rings (SSSR count). The number of hydrogen-bond donors (Lipinski definition) is 2. The minimum absolute atomic E-state index is 0.108. The van der Waals surface area contributed by atoms with Gasteiger partial charge in [-0.2, -0.15) is 0 Å². The lowest BCUT2D eigenvalue weighted by Gasteiger charge is -2.27. The molecule has 0 radical (unpaired) electrons. The first-order chi connectivity index (χ1) is 9.14. The molecule has 0 aliphatic rings. The summed E-state index contributed by atoms with van der Waals surface area (Å²) < 4.78 is 15.1. The minimum atomic E-state index is -1.03. The summed E-state index contributed by atoms with van der Waals surface area (Å²) in [5.74, 6) is -0.298. The van der Waals surface area contributed by atoms with Gasteiger partial charge in [-0.25, -0.2) is 4.79 Å². The van der Waals surface area contributed by atoms with Gasteiger partial charge in [-0.3, -0.25) is 4.79 Å². The van der Waals surface area contributed by atoms with Crippen LogP contribution in [0.2, 0.25) is 0 Å². The first-order valence-electron chi connectivity index (χ1n) is 6.44. The van der Waals surface area contributed by atoms with Crippen LogP contribution in [0.15, 0.2) is 0 Å². The largest absolute Gasteiger partial charge is 0.444 e. The van der Waals surface area contributed by atoms with Crippen molar-refractivity contribution in [1.29, 1.82) is 0 Å². The number of carbonyl (C=O) groups excluding carboxylic acids is 2. The molecule has 2 amide bonds. The summed E-state index contributed by atoms with van der Waals surface area (Å²) in [5, 5.41) is 5.16. The molecule has 0 spiro atoms. The third-order valence-corrected chi connectivity index (χ3v) is 2.58. The molecule has 0 heterocycles. The molecule has 2 N–H and O–H groups in total. The number of ether oxygens (including phenoxy) is 3. The lowest BCUT2D eigenvalue weighted by Crippen LogP contribution is -2.48. The van der Waals surface area contributed by atoms with E-state index in [0.29, 0.717) is 6.42 Å².